The van der Waals surface area contributed by atoms with E-state index in [2.05, 4.69) is 16.7 Å². The van der Waals surface area contributed by atoms with Crippen molar-refractivity contribution in [2.75, 3.05) is 32.7 Å². The van der Waals surface area contributed by atoms with Crippen LogP contribution in [0.1, 0.15) is 22.8 Å². The maximum absolute atomic E-state index is 10.8. The van der Waals surface area contributed by atoms with Gasteiger partial charge >= 0.3 is 5.97 Å². The van der Waals surface area contributed by atoms with Crippen LogP contribution in [0.3, 0.4) is 0 Å². The Hall–Kier alpha value is -1.10. The van der Waals surface area contributed by atoms with Gasteiger partial charge in [-0.1, -0.05) is 19.1 Å². The first-order valence-corrected chi connectivity index (χ1v) is 6.46. The summed E-state index contributed by atoms with van der Waals surface area (Å²) >= 11 is 0. The molecular weight excluding hydrogens is 264 g/mol. The summed E-state index contributed by atoms with van der Waals surface area (Å²) in [7, 11) is 0. The van der Waals surface area contributed by atoms with Gasteiger partial charge in [0.15, 0.2) is 0 Å². The van der Waals surface area contributed by atoms with Gasteiger partial charge in [-0.15, -0.1) is 12.4 Å². The number of carboxylic acids is 1. The minimum absolute atomic E-state index is 0. The molecule has 0 aliphatic carbocycles. The summed E-state index contributed by atoms with van der Waals surface area (Å²) in [6.07, 6.45) is 0. The lowest BCUT2D eigenvalue weighted by atomic mass is 10.1. The minimum Gasteiger partial charge on any atom is -0.478 e. The van der Waals surface area contributed by atoms with Crippen LogP contribution in [0.25, 0.3) is 0 Å². The van der Waals surface area contributed by atoms with E-state index in [-0.39, 0.29) is 12.4 Å². The summed E-state index contributed by atoms with van der Waals surface area (Å²) < 4.78 is 0. The predicted octanol–water partition coefficient (Wildman–Crippen LogP) is 1.94. The topological polar surface area (TPSA) is 43.8 Å². The summed E-state index contributed by atoms with van der Waals surface area (Å²) in [5.74, 6) is -0.863. The molecule has 0 aromatic heterocycles. The fourth-order valence-electron chi connectivity index (χ4n) is 2.27. The van der Waals surface area contributed by atoms with Gasteiger partial charge in [0.1, 0.15) is 0 Å². The van der Waals surface area contributed by atoms with Crippen molar-refractivity contribution in [2.24, 2.45) is 0 Å². The maximum Gasteiger partial charge on any atom is 0.335 e. The standard InChI is InChI=1S/C14H20N2O2.ClH/c1-2-15-7-9-16(10-8-15)11-12-3-5-13(6-4-12)14(17)18;/h3-6H,2,7-11H2,1H3,(H,17,18);1H. The molecule has 0 bridgehead atoms. The van der Waals surface area contributed by atoms with Gasteiger partial charge in [-0.05, 0) is 24.2 Å². The van der Waals surface area contributed by atoms with E-state index in [0.29, 0.717) is 5.56 Å². The molecule has 2 rings (SSSR count). The van der Waals surface area contributed by atoms with Crippen molar-refractivity contribution in [2.45, 2.75) is 13.5 Å². The van der Waals surface area contributed by atoms with E-state index >= 15 is 0 Å². The molecule has 1 aromatic rings. The first-order valence-electron chi connectivity index (χ1n) is 6.46. The Morgan fingerprint density at radius 3 is 2.11 bits per heavy atom. The first kappa shape index (κ1) is 16.0. The van der Waals surface area contributed by atoms with Crippen molar-refractivity contribution < 1.29 is 9.90 Å². The van der Waals surface area contributed by atoms with E-state index in [9.17, 15) is 4.79 Å². The highest BCUT2D eigenvalue weighted by molar-refractivity contribution is 5.87. The molecule has 1 fully saturated rings. The second-order valence-corrected chi connectivity index (χ2v) is 4.71. The van der Waals surface area contributed by atoms with Gasteiger partial charge < -0.3 is 10.0 Å². The molecule has 0 amide bonds. The average Bonchev–Trinajstić information content (AvgIpc) is 2.40. The van der Waals surface area contributed by atoms with Crippen molar-refractivity contribution in [3.05, 3.63) is 35.4 Å². The third kappa shape index (κ3) is 4.49. The third-order valence-electron chi connectivity index (χ3n) is 3.52. The molecule has 1 aliphatic rings. The molecule has 19 heavy (non-hydrogen) atoms. The van der Waals surface area contributed by atoms with Crippen LogP contribution in [-0.4, -0.2) is 53.6 Å². The first-order chi connectivity index (χ1) is 8.69. The van der Waals surface area contributed by atoms with Crippen LogP contribution in [0.2, 0.25) is 0 Å². The van der Waals surface area contributed by atoms with Gasteiger partial charge in [-0.25, -0.2) is 4.79 Å². The number of nitrogens with zero attached hydrogens (tertiary/aromatic N) is 2. The molecular formula is C14H21ClN2O2. The normalized spacial score (nSPS) is 16.9. The molecule has 5 heteroatoms. The van der Waals surface area contributed by atoms with Gasteiger partial charge in [0.2, 0.25) is 0 Å². The Bertz CT molecular complexity index is 400. The van der Waals surface area contributed by atoms with Crippen LogP contribution in [0.5, 0.6) is 0 Å². The van der Waals surface area contributed by atoms with E-state index in [1.54, 1.807) is 12.1 Å². The molecule has 1 saturated heterocycles. The summed E-state index contributed by atoms with van der Waals surface area (Å²) in [5.41, 5.74) is 1.54. The van der Waals surface area contributed by atoms with Crippen molar-refractivity contribution in [1.29, 1.82) is 0 Å². The number of hydrogen-bond acceptors (Lipinski definition) is 3. The molecule has 0 spiro atoms. The number of benzene rings is 1. The molecule has 1 heterocycles. The Labute approximate surface area is 120 Å². The molecule has 1 aliphatic heterocycles. The number of hydrogen-bond donors (Lipinski definition) is 1. The second kappa shape index (κ2) is 7.48. The van der Waals surface area contributed by atoms with Crippen LogP contribution in [0, 0.1) is 0 Å². The summed E-state index contributed by atoms with van der Waals surface area (Å²) in [4.78, 5) is 15.6. The highest BCUT2D eigenvalue weighted by Gasteiger charge is 2.15. The van der Waals surface area contributed by atoms with Gasteiger partial charge in [0.05, 0.1) is 5.56 Å². The van der Waals surface area contributed by atoms with Crippen molar-refractivity contribution >= 4 is 18.4 Å². The lowest BCUT2D eigenvalue weighted by Crippen LogP contribution is -2.45. The number of rotatable bonds is 4. The number of aromatic carboxylic acids is 1. The Morgan fingerprint density at radius 1 is 1.11 bits per heavy atom. The smallest absolute Gasteiger partial charge is 0.335 e. The predicted molar refractivity (Wildman–Crippen MR) is 78.0 cm³/mol. The van der Waals surface area contributed by atoms with Gasteiger partial charge in [0.25, 0.3) is 0 Å². The summed E-state index contributed by atoms with van der Waals surface area (Å²) in [5, 5.41) is 8.84. The lowest BCUT2D eigenvalue weighted by molar-refractivity contribution is 0.0697. The highest BCUT2D eigenvalue weighted by atomic mass is 35.5. The zero-order valence-electron chi connectivity index (χ0n) is 11.2. The van der Waals surface area contributed by atoms with Crippen molar-refractivity contribution in [3.8, 4) is 0 Å². The zero-order valence-corrected chi connectivity index (χ0v) is 12.0. The molecule has 1 N–H and O–H groups in total. The van der Waals surface area contributed by atoms with E-state index in [1.807, 2.05) is 12.1 Å². The lowest BCUT2D eigenvalue weighted by Gasteiger charge is -2.34. The van der Waals surface area contributed by atoms with Crippen LogP contribution < -0.4 is 0 Å². The highest BCUT2D eigenvalue weighted by Crippen LogP contribution is 2.10. The molecule has 0 unspecified atom stereocenters. The van der Waals surface area contributed by atoms with E-state index in [0.717, 1.165) is 39.3 Å². The summed E-state index contributed by atoms with van der Waals surface area (Å²) in [6, 6.07) is 7.19. The molecule has 0 saturated carbocycles. The van der Waals surface area contributed by atoms with Crippen LogP contribution in [0.15, 0.2) is 24.3 Å². The number of halogens is 1. The molecule has 0 radical (unpaired) electrons. The Morgan fingerprint density at radius 2 is 1.63 bits per heavy atom. The minimum atomic E-state index is -0.863. The largest absolute Gasteiger partial charge is 0.478 e. The second-order valence-electron chi connectivity index (χ2n) is 4.71. The number of carbonyl (C=O) groups is 1. The quantitative estimate of drug-likeness (QED) is 0.918. The van der Waals surface area contributed by atoms with E-state index in [1.165, 1.54) is 5.56 Å². The van der Waals surface area contributed by atoms with Crippen molar-refractivity contribution in [3.63, 3.8) is 0 Å². The molecule has 106 valence electrons. The third-order valence-corrected chi connectivity index (χ3v) is 3.52. The van der Waals surface area contributed by atoms with Gasteiger partial charge in [-0.2, -0.15) is 0 Å². The van der Waals surface area contributed by atoms with Gasteiger partial charge in [-0.3, -0.25) is 4.90 Å². The fourth-order valence-corrected chi connectivity index (χ4v) is 2.27. The van der Waals surface area contributed by atoms with Crippen molar-refractivity contribution in [1.82, 2.24) is 9.80 Å². The summed E-state index contributed by atoms with van der Waals surface area (Å²) in [6.45, 7) is 8.68. The average molecular weight is 285 g/mol. The number of likely N-dealkylation sites (N-methyl/N-ethyl adjacent to an activating group) is 1. The monoisotopic (exact) mass is 284 g/mol. The number of carboxylic acid groups (broad SMARTS) is 1. The Balaban J connectivity index is 0.00000180. The number of piperazine rings is 1. The molecule has 0 atom stereocenters. The van der Waals surface area contributed by atoms with Gasteiger partial charge in [0, 0.05) is 32.7 Å². The van der Waals surface area contributed by atoms with Crippen LogP contribution in [0.4, 0.5) is 0 Å². The van der Waals surface area contributed by atoms with E-state index in [4.69, 9.17) is 5.11 Å². The van der Waals surface area contributed by atoms with Crippen LogP contribution in [-0.2, 0) is 6.54 Å². The maximum atomic E-state index is 10.8. The fraction of sp³-hybridized carbons (Fsp3) is 0.500. The van der Waals surface area contributed by atoms with Crippen LogP contribution >= 0.6 is 12.4 Å². The van der Waals surface area contributed by atoms with E-state index < -0.39 is 5.97 Å². The SMILES string of the molecule is CCN1CCN(Cc2ccc(C(=O)O)cc2)CC1.Cl. The Kier molecular flexibility index (Phi) is 6.28. The molecule has 4 nitrogen and oxygen atoms in total. The zero-order chi connectivity index (χ0) is 13.0. The molecule has 1 aromatic carbocycles.